The number of aliphatic carboxylic acids is 1. The Morgan fingerprint density at radius 2 is 1.88 bits per heavy atom. The van der Waals surface area contributed by atoms with Crippen LogP contribution in [0.4, 0.5) is 0 Å². The predicted molar refractivity (Wildman–Crippen MR) is 84.9 cm³/mol. The van der Waals surface area contributed by atoms with E-state index in [1.807, 2.05) is 31.2 Å². The van der Waals surface area contributed by atoms with Gasteiger partial charge in [-0.05, 0) is 12.5 Å². The van der Waals surface area contributed by atoms with Gasteiger partial charge in [-0.25, -0.2) is 0 Å². The summed E-state index contributed by atoms with van der Waals surface area (Å²) in [5.41, 5.74) is 2.00. The van der Waals surface area contributed by atoms with Gasteiger partial charge in [-0.2, -0.15) is 0 Å². The summed E-state index contributed by atoms with van der Waals surface area (Å²) >= 11 is 0. The van der Waals surface area contributed by atoms with Gasteiger partial charge >= 0.3 is 5.97 Å². The van der Waals surface area contributed by atoms with Crippen molar-refractivity contribution in [1.82, 2.24) is 10.2 Å². The standard InChI is InChI=1S/C17H20N2O5/c1-10-3-5-12(6-4-10)9-19-8-11(2)15(22)14(17(19)24)16(23)18-7-13(20)21/h3-6,11,14H,7-9H2,1-2H3,(H,18,23)(H,20,21). The first-order valence-electron chi connectivity index (χ1n) is 7.67. The van der Waals surface area contributed by atoms with E-state index >= 15 is 0 Å². The molecule has 7 nitrogen and oxygen atoms in total. The number of Topliss-reactive ketones (excluding diaryl/α,β-unsaturated/α-hetero) is 1. The molecule has 0 spiro atoms. The quantitative estimate of drug-likeness (QED) is 0.758. The number of hydrogen-bond acceptors (Lipinski definition) is 4. The van der Waals surface area contributed by atoms with Crippen LogP contribution in [0.2, 0.25) is 0 Å². The fourth-order valence-electron chi connectivity index (χ4n) is 2.66. The third-order valence-corrected chi connectivity index (χ3v) is 3.99. The molecule has 24 heavy (non-hydrogen) atoms. The predicted octanol–water partition coefficient (Wildman–Crippen LogP) is 0.359. The highest BCUT2D eigenvalue weighted by Gasteiger charge is 2.44. The second-order valence-corrected chi connectivity index (χ2v) is 6.05. The van der Waals surface area contributed by atoms with Gasteiger partial charge in [0.1, 0.15) is 6.54 Å². The van der Waals surface area contributed by atoms with Crippen LogP contribution >= 0.6 is 0 Å². The van der Waals surface area contributed by atoms with Crippen LogP contribution in [0, 0.1) is 18.8 Å². The maximum Gasteiger partial charge on any atom is 0.322 e. The Kier molecular flexibility index (Phi) is 5.33. The van der Waals surface area contributed by atoms with Crippen LogP contribution in [-0.4, -0.2) is 46.7 Å². The summed E-state index contributed by atoms with van der Waals surface area (Å²) in [5.74, 6) is -5.09. The third-order valence-electron chi connectivity index (χ3n) is 3.99. The van der Waals surface area contributed by atoms with Crippen molar-refractivity contribution < 1.29 is 24.3 Å². The van der Waals surface area contributed by atoms with Crippen LogP contribution in [0.25, 0.3) is 0 Å². The topological polar surface area (TPSA) is 104 Å². The summed E-state index contributed by atoms with van der Waals surface area (Å²) in [4.78, 5) is 48.8. The van der Waals surface area contributed by atoms with Crippen LogP contribution in [0.15, 0.2) is 24.3 Å². The minimum absolute atomic E-state index is 0.244. The van der Waals surface area contributed by atoms with E-state index in [1.165, 1.54) is 4.90 Å². The summed E-state index contributed by atoms with van der Waals surface area (Å²) in [6.07, 6.45) is 0. The lowest BCUT2D eigenvalue weighted by atomic mass is 9.87. The molecule has 2 amide bonds. The van der Waals surface area contributed by atoms with Crippen molar-refractivity contribution in [2.24, 2.45) is 11.8 Å². The van der Waals surface area contributed by atoms with E-state index in [2.05, 4.69) is 5.32 Å². The van der Waals surface area contributed by atoms with Crippen molar-refractivity contribution in [3.05, 3.63) is 35.4 Å². The number of piperidine rings is 1. The van der Waals surface area contributed by atoms with Gasteiger partial charge < -0.3 is 15.3 Å². The van der Waals surface area contributed by atoms with E-state index in [4.69, 9.17) is 5.11 Å². The summed E-state index contributed by atoms with van der Waals surface area (Å²) in [5, 5.41) is 10.7. The molecule has 7 heteroatoms. The molecule has 0 saturated carbocycles. The van der Waals surface area contributed by atoms with Gasteiger partial charge in [0.05, 0.1) is 0 Å². The average Bonchev–Trinajstić information content (AvgIpc) is 2.53. The maximum absolute atomic E-state index is 12.5. The molecule has 0 radical (unpaired) electrons. The highest BCUT2D eigenvalue weighted by molar-refractivity contribution is 6.20. The lowest BCUT2D eigenvalue weighted by molar-refractivity contribution is -0.155. The first-order chi connectivity index (χ1) is 11.3. The number of aryl methyl sites for hydroxylation is 1. The Morgan fingerprint density at radius 1 is 1.25 bits per heavy atom. The number of carboxylic acids is 1. The smallest absolute Gasteiger partial charge is 0.322 e. The molecule has 1 saturated heterocycles. The number of amides is 2. The van der Waals surface area contributed by atoms with E-state index in [0.717, 1.165) is 11.1 Å². The van der Waals surface area contributed by atoms with Gasteiger partial charge in [-0.15, -0.1) is 0 Å². The van der Waals surface area contributed by atoms with Crippen LogP contribution in [0.3, 0.4) is 0 Å². The summed E-state index contributed by atoms with van der Waals surface area (Å²) in [7, 11) is 0. The lowest BCUT2D eigenvalue weighted by Crippen LogP contribution is -2.55. The van der Waals surface area contributed by atoms with Crippen molar-refractivity contribution in [2.45, 2.75) is 20.4 Å². The zero-order chi connectivity index (χ0) is 17.9. The molecule has 0 aromatic heterocycles. The zero-order valence-electron chi connectivity index (χ0n) is 13.6. The van der Waals surface area contributed by atoms with Crippen molar-refractivity contribution >= 4 is 23.6 Å². The number of benzene rings is 1. The van der Waals surface area contributed by atoms with Gasteiger partial charge in [0.25, 0.3) is 0 Å². The second-order valence-electron chi connectivity index (χ2n) is 6.05. The molecule has 1 aliphatic rings. The first kappa shape index (κ1) is 17.7. The first-order valence-corrected chi connectivity index (χ1v) is 7.67. The van der Waals surface area contributed by atoms with Crippen LogP contribution in [-0.2, 0) is 25.7 Å². The van der Waals surface area contributed by atoms with E-state index in [0.29, 0.717) is 6.54 Å². The van der Waals surface area contributed by atoms with Crippen molar-refractivity contribution in [2.75, 3.05) is 13.1 Å². The number of likely N-dealkylation sites (tertiary alicyclic amines) is 1. The van der Waals surface area contributed by atoms with Crippen molar-refractivity contribution in [3.63, 3.8) is 0 Å². The Bertz CT molecular complexity index is 668. The number of nitrogens with zero attached hydrogens (tertiary/aromatic N) is 1. The number of carbonyl (C=O) groups is 4. The van der Waals surface area contributed by atoms with E-state index in [-0.39, 0.29) is 6.54 Å². The summed E-state index contributed by atoms with van der Waals surface area (Å²) in [6.45, 7) is 3.55. The average molecular weight is 332 g/mol. The molecule has 2 unspecified atom stereocenters. The molecule has 2 rings (SSSR count). The molecule has 0 aliphatic carbocycles. The number of hydrogen-bond donors (Lipinski definition) is 2. The minimum atomic E-state index is -1.47. The Morgan fingerprint density at radius 3 is 2.46 bits per heavy atom. The van der Waals surface area contributed by atoms with E-state index in [1.54, 1.807) is 6.92 Å². The van der Waals surface area contributed by atoms with Crippen molar-refractivity contribution in [1.29, 1.82) is 0 Å². The van der Waals surface area contributed by atoms with Crippen LogP contribution < -0.4 is 5.32 Å². The summed E-state index contributed by atoms with van der Waals surface area (Å²) in [6, 6.07) is 7.64. The Labute approximate surface area is 139 Å². The Hall–Kier alpha value is -2.70. The zero-order valence-corrected chi connectivity index (χ0v) is 13.6. The number of nitrogens with one attached hydrogen (secondary N) is 1. The number of ketones is 1. The molecule has 1 fully saturated rings. The van der Waals surface area contributed by atoms with Gasteiger partial charge in [-0.3, -0.25) is 19.2 Å². The molecular formula is C17H20N2O5. The number of carboxylic acid groups (broad SMARTS) is 1. The maximum atomic E-state index is 12.5. The molecule has 1 aliphatic heterocycles. The molecule has 1 aromatic carbocycles. The normalized spacial score (nSPS) is 20.8. The fourth-order valence-corrected chi connectivity index (χ4v) is 2.66. The molecule has 1 aromatic rings. The molecule has 2 atom stereocenters. The largest absolute Gasteiger partial charge is 0.480 e. The monoisotopic (exact) mass is 332 g/mol. The summed E-state index contributed by atoms with van der Waals surface area (Å²) < 4.78 is 0. The fraction of sp³-hybridized carbons (Fsp3) is 0.412. The highest BCUT2D eigenvalue weighted by Crippen LogP contribution is 2.22. The lowest BCUT2D eigenvalue weighted by Gasteiger charge is -2.34. The number of carbonyl (C=O) groups excluding carboxylic acids is 3. The van der Waals surface area contributed by atoms with Gasteiger partial charge in [0.15, 0.2) is 11.7 Å². The van der Waals surface area contributed by atoms with Crippen LogP contribution in [0.1, 0.15) is 18.1 Å². The molecular weight excluding hydrogens is 312 g/mol. The van der Waals surface area contributed by atoms with Gasteiger partial charge in [-0.1, -0.05) is 36.8 Å². The van der Waals surface area contributed by atoms with E-state index in [9.17, 15) is 19.2 Å². The molecule has 2 N–H and O–H groups in total. The molecule has 0 bridgehead atoms. The Balaban J connectivity index is 2.14. The molecule has 1 heterocycles. The second kappa shape index (κ2) is 7.25. The highest BCUT2D eigenvalue weighted by atomic mass is 16.4. The van der Waals surface area contributed by atoms with Crippen molar-refractivity contribution in [3.8, 4) is 0 Å². The third kappa shape index (κ3) is 3.98. The number of rotatable bonds is 5. The SMILES string of the molecule is Cc1ccc(CN2CC(C)C(=O)C(C(=O)NCC(=O)O)C2=O)cc1. The molecule has 128 valence electrons. The van der Waals surface area contributed by atoms with Gasteiger partial charge in [0.2, 0.25) is 11.8 Å². The van der Waals surface area contributed by atoms with E-state index < -0.39 is 41.9 Å². The minimum Gasteiger partial charge on any atom is -0.480 e. The van der Waals surface area contributed by atoms with Gasteiger partial charge in [0, 0.05) is 19.0 Å². The van der Waals surface area contributed by atoms with Crippen LogP contribution in [0.5, 0.6) is 0 Å².